The maximum absolute atomic E-state index is 8.90. The minimum Gasteiger partial charge on any atom is -0.270 e. The number of rotatable bonds is 3. The highest BCUT2D eigenvalue weighted by Crippen LogP contribution is 2.20. The molecule has 0 radical (unpaired) electrons. The van der Waals surface area contributed by atoms with E-state index in [1.807, 2.05) is 18.2 Å². The average molecular weight is 210 g/mol. The van der Waals surface area contributed by atoms with Gasteiger partial charge in [-0.25, -0.2) is 5.43 Å². The van der Waals surface area contributed by atoms with Crippen LogP contribution in [0.1, 0.15) is 12.5 Å². The van der Waals surface area contributed by atoms with Crippen LogP contribution >= 0.6 is 11.6 Å². The molecular weight excluding hydrogens is 198 g/mol. The van der Waals surface area contributed by atoms with Crippen molar-refractivity contribution < 1.29 is 0 Å². The van der Waals surface area contributed by atoms with Crippen molar-refractivity contribution in [1.29, 1.82) is 5.26 Å². The van der Waals surface area contributed by atoms with E-state index >= 15 is 0 Å². The second-order valence-corrected chi connectivity index (χ2v) is 3.76. The van der Waals surface area contributed by atoms with E-state index in [9.17, 15) is 0 Å². The highest BCUT2D eigenvalue weighted by Gasteiger charge is 2.22. The molecule has 3 nitrogen and oxygen atoms in total. The molecule has 0 saturated heterocycles. The Morgan fingerprint density at radius 1 is 1.57 bits per heavy atom. The molecule has 0 amide bonds. The second kappa shape index (κ2) is 4.43. The van der Waals surface area contributed by atoms with Crippen molar-refractivity contribution >= 4 is 11.6 Å². The summed E-state index contributed by atoms with van der Waals surface area (Å²) in [5.74, 6) is 5.30. The zero-order chi connectivity index (χ0) is 10.6. The predicted molar refractivity (Wildman–Crippen MR) is 56.5 cm³/mol. The first-order valence-corrected chi connectivity index (χ1v) is 4.61. The van der Waals surface area contributed by atoms with Crippen molar-refractivity contribution in [3.8, 4) is 6.07 Å². The fourth-order valence-electron chi connectivity index (χ4n) is 1.15. The van der Waals surface area contributed by atoms with Gasteiger partial charge in [-0.2, -0.15) is 5.26 Å². The zero-order valence-electron chi connectivity index (χ0n) is 7.92. The summed E-state index contributed by atoms with van der Waals surface area (Å²) in [7, 11) is 0. The minimum atomic E-state index is -0.773. The largest absolute Gasteiger partial charge is 0.270 e. The third-order valence-corrected chi connectivity index (χ3v) is 2.44. The monoisotopic (exact) mass is 209 g/mol. The Hall–Kier alpha value is -1.08. The van der Waals surface area contributed by atoms with Crippen LogP contribution in [0.2, 0.25) is 5.02 Å². The molecule has 0 aliphatic rings. The van der Waals surface area contributed by atoms with Crippen molar-refractivity contribution in [2.75, 3.05) is 0 Å². The highest BCUT2D eigenvalue weighted by atomic mass is 35.5. The van der Waals surface area contributed by atoms with Gasteiger partial charge in [0.1, 0.15) is 5.54 Å². The first kappa shape index (κ1) is 11.0. The summed E-state index contributed by atoms with van der Waals surface area (Å²) in [4.78, 5) is 0. The van der Waals surface area contributed by atoms with Gasteiger partial charge in [0.05, 0.1) is 6.07 Å². The number of nitriles is 1. The van der Waals surface area contributed by atoms with Crippen LogP contribution in [0.25, 0.3) is 0 Å². The lowest BCUT2D eigenvalue weighted by Crippen LogP contribution is -2.47. The van der Waals surface area contributed by atoms with E-state index < -0.39 is 5.54 Å². The third kappa shape index (κ3) is 2.46. The number of nitrogens with zero attached hydrogens (tertiary/aromatic N) is 1. The van der Waals surface area contributed by atoms with Crippen LogP contribution in [0.4, 0.5) is 0 Å². The molecule has 14 heavy (non-hydrogen) atoms. The van der Waals surface area contributed by atoms with Gasteiger partial charge >= 0.3 is 0 Å². The van der Waals surface area contributed by atoms with E-state index in [2.05, 4.69) is 11.5 Å². The third-order valence-electron chi connectivity index (χ3n) is 2.07. The van der Waals surface area contributed by atoms with Crippen LogP contribution in [-0.2, 0) is 6.42 Å². The molecule has 1 aromatic rings. The van der Waals surface area contributed by atoms with E-state index in [4.69, 9.17) is 22.7 Å². The van der Waals surface area contributed by atoms with E-state index in [-0.39, 0.29) is 0 Å². The summed E-state index contributed by atoms with van der Waals surface area (Å²) in [6.45, 7) is 1.73. The number of nitrogens with one attached hydrogen (secondary N) is 1. The average Bonchev–Trinajstić information content (AvgIpc) is 2.21. The number of hydrogen-bond acceptors (Lipinski definition) is 3. The molecule has 4 heteroatoms. The fourth-order valence-corrected chi connectivity index (χ4v) is 1.35. The first-order valence-electron chi connectivity index (χ1n) is 4.24. The molecule has 1 unspecified atom stereocenters. The van der Waals surface area contributed by atoms with Gasteiger partial charge in [0.2, 0.25) is 0 Å². The normalized spacial score (nSPS) is 14.4. The molecule has 0 aromatic heterocycles. The fraction of sp³-hybridized carbons (Fsp3) is 0.300. The number of hydrogen-bond donors (Lipinski definition) is 2. The number of benzene rings is 1. The minimum absolute atomic E-state index is 0.486. The van der Waals surface area contributed by atoms with Crippen LogP contribution in [0, 0.1) is 11.3 Å². The summed E-state index contributed by atoms with van der Waals surface area (Å²) in [5, 5.41) is 9.56. The summed E-state index contributed by atoms with van der Waals surface area (Å²) >= 11 is 5.97. The molecule has 0 aliphatic heterocycles. The molecule has 0 aliphatic carbocycles. The van der Waals surface area contributed by atoms with Gasteiger partial charge in [0.25, 0.3) is 0 Å². The van der Waals surface area contributed by atoms with Crippen LogP contribution in [0.5, 0.6) is 0 Å². The Balaban J connectivity index is 2.89. The van der Waals surface area contributed by atoms with Crippen molar-refractivity contribution in [3.05, 3.63) is 34.9 Å². The van der Waals surface area contributed by atoms with Gasteiger partial charge in [0, 0.05) is 11.4 Å². The molecule has 0 fully saturated rings. The lowest BCUT2D eigenvalue weighted by atomic mass is 9.95. The molecule has 74 valence electrons. The van der Waals surface area contributed by atoms with Gasteiger partial charge in [-0.3, -0.25) is 5.84 Å². The van der Waals surface area contributed by atoms with Crippen molar-refractivity contribution in [2.24, 2.45) is 5.84 Å². The van der Waals surface area contributed by atoms with E-state index in [0.29, 0.717) is 11.4 Å². The highest BCUT2D eigenvalue weighted by molar-refractivity contribution is 6.31. The standard InChI is InChI=1S/C10H12ClN3/c1-10(7-12,14-13)6-8-4-2-3-5-9(8)11/h2-5,14H,6,13H2,1H3. The number of halogens is 1. The molecule has 0 spiro atoms. The Morgan fingerprint density at radius 3 is 2.71 bits per heavy atom. The van der Waals surface area contributed by atoms with Crippen LogP contribution in [0.3, 0.4) is 0 Å². The maximum Gasteiger partial charge on any atom is 0.120 e. The zero-order valence-corrected chi connectivity index (χ0v) is 8.67. The quantitative estimate of drug-likeness (QED) is 0.588. The van der Waals surface area contributed by atoms with Crippen LogP contribution in [0.15, 0.2) is 24.3 Å². The Morgan fingerprint density at radius 2 is 2.21 bits per heavy atom. The topological polar surface area (TPSA) is 61.8 Å². The first-order chi connectivity index (χ1) is 6.61. The van der Waals surface area contributed by atoms with Gasteiger partial charge in [-0.15, -0.1) is 0 Å². The lowest BCUT2D eigenvalue weighted by Gasteiger charge is -2.20. The van der Waals surface area contributed by atoms with Gasteiger partial charge < -0.3 is 0 Å². The second-order valence-electron chi connectivity index (χ2n) is 3.36. The van der Waals surface area contributed by atoms with Crippen molar-refractivity contribution in [3.63, 3.8) is 0 Å². The predicted octanol–water partition coefficient (Wildman–Crippen LogP) is 1.63. The molecule has 0 heterocycles. The van der Waals surface area contributed by atoms with Crippen molar-refractivity contribution in [2.45, 2.75) is 18.9 Å². The Labute approximate surface area is 88.4 Å². The number of hydrazine groups is 1. The molecule has 0 saturated carbocycles. The van der Waals surface area contributed by atoms with Gasteiger partial charge in [-0.1, -0.05) is 29.8 Å². The lowest BCUT2D eigenvalue weighted by molar-refractivity contribution is 0.458. The molecular formula is C10H12ClN3. The summed E-state index contributed by atoms with van der Waals surface area (Å²) in [6, 6.07) is 9.53. The SMILES string of the molecule is CC(C#N)(Cc1ccccc1Cl)NN. The molecule has 3 N–H and O–H groups in total. The number of nitrogens with two attached hydrogens (primary N) is 1. The van der Waals surface area contributed by atoms with Crippen LogP contribution in [-0.4, -0.2) is 5.54 Å². The molecule has 0 bridgehead atoms. The molecule has 1 atom stereocenters. The van der Waals surface area contributed by atoms with Gasteiger partial charge in [0.15, 0.2) is 0 Å². The van der Waals surface area contributed by atoms with E-state index in [1.165, 1.54) is 0 Å². The Kier molecular flexibility index (Phi) is 3.48. The van der Waals surface area contributed by atoms with E-state index in [1.54, 1.807) is 13.0 Å². The summed E-state index contributed by atoms with van der Waals surface area (Å²) < 4.78 is 0. The summed E-state index contributed by atoms with van der Waals surface area (Å²) in [6.07, 6.45) is 0.486. The van der Waals surface area contributed by atoms with Crippen molar-refractivity contribution in [1.82, 2.24) is 5.43 Å². The van der Waals surface area contributed by atoms with Gasteiger partial charge in [-0.05, 0) is 18.6 Å². The van der Waals surface area contributed by atoms with Crippen LogP contribution < -0.4 is 11.3 Å². The van der Waals surface area contributed by atoms with E-state index in [0.717, 1.165) is 5.56 Å². The Bertz CT molecular complexity index is 359. The molecule has 1 rings (SSSR count). The maximum atomic E-state index is 8.90. The summed E-state index contributed by atoms with van der Waals surface area (Å²) in [5.41, 5.74) is 2.62. The smallest absolute Gasteiger partial charge is 0.120 e. The molecule has 1 aromatic carbocycles.